The number of hydrogen-bond acceptors (Lipinski definition) is 6. The van der Waals surface area contributed by atoms with Gasteiger partial charge in [-0.1, -0.05) is 19.1 Å². The number of carbonyl (C=O) groups is 1. The maximum Gasteiger partial charge on any atom is 0.267 e. The number of fused-ring (bicyclic) bond motifs is 1. The van der Waals surface area contributed by atoms with Gasteiger partial charge in [-0.05, 0) is 42.8 Å². The third-order valence-electron chi connectivity index (χ3n) is 4.20. The molecule has 0 saturated carbocycles. The van der Waals surface area contributed by atoms with Crippen LogP contribution in [0, 0.1) is 0 Å². The molecule has 7 heteroatoms. The van der Waals surface area contributed by atoms with Gasteiger partial charge in [-0.2, -0.15) is 0 Å². The van der Waals surface area contributed by atoms with Crippen LogP contribution in [0.3, 0.4) is 0 Å². The van der Waals surface area contributed by atoms with Gasteiger partial charge in [0, 0.05) is 17.1 Å². The monoisotopic (exact) mass is 390 g/mol. The molecule has 4 aromatic rings. The van der Waals surface area contributed by atoms with Crippen LogP contribution in [-0.4, -0.2) is 27.0 Å². The number of rotatable bonds is 6. The highest BCUT2D eigenvalue weighted by atomic mass is 32.1. The van der Waals surface area contributed by atoms with E-state index in [1.807, 2.05) is 60.8 Å². The second-order valence-corrected chi connectivity index (χ2v) is 7.00. The summed E-state index contributed by atoms with van der Waals surface area (Å²) in [4.78, 5) is 25.5. The summed E-state index contributed by atoms with van der Waals surface area (Å²) in [5.41, 5.74) is 3.44. The van der Waals surface area contributed by atoms with Gasteiger partial charge in [0.2, 0.25) is 0 Å². The minimum absolute atomic E-state index is 0.207. The van der Waals surface area contributed by atoms with Crippen LogP contribution in [-0.2, 0) is 4.79 Å². The summed E-state index contributed by atoms with van der Waals surface area (Å²) < 4.78 is 5.86. The highest BCUT2D eigenvalue weighted by Crippen LogP contribution is 2.23. The Morgan fingerprint density at radius 2 is 1.89 bits per heavy atom. The van der Waals surface area contributed by atoms with Crippen molar-refractivity contribution in [2.45, 2.75) is 19.4 Å². The van der Waals surface area contributed by atoms with Gasteiger partial charge in [-0.3, -0.25) is 15.1 Å². The number of nitrogens with one attached hydrogen (secondary N) is 1. The molecule has 0 aliphatic rings. The zero-order chi connectivity index (χ0) is 19.3. The summed E-state index contributed by atoms with van der Waals surface area (Å²) in [5, 5.41) is 5.15. The van der Waals surface area contributed by atoms with E-state index in [1.165, 1.54) is 11.3 Å². The molecule has 28 heavy (non-hydrogen) atoms. The Morgan fingerprint density at radius 3 is 2.61 bits per heavy atom. The van der Waals surface area contributed by atoms with Crippen molar-refractivity contribution in [3.63, 3.8) is 0 Å². The first kappa shape index (κ1) is 18.1. The number of aromatic nitrogens is 3. The summed E-state index contributed by atoms with van der Waals surface area (Å²) in [5.74, 6) is 0.417. The second-order valence-electron chi connectivity index (χ2n) is 6.11. The van der Waals surface area contributed by atoms with E-state index in [0.29, 0.717) is 17.3 Å². The van der Waals surface area contributed by atoms with Gasteiger partial charge in [0.15, 0.2) is 11.2 Å². The van der Waals surface area contributed by atoms with Crippen molar-refractivity contribution in [1.29, 1.82) is 0 Å². The Hall–Kier alpha value is -3.32. The third-order valence-corrected chi connectivity index (χ3v) is 4.89. The average Bonchev–Trinajstić information content (AvgIpc) is 3.25. The molecule has 0 aliphatic heterocycles. The van der Waals surface area contributed by atoms with Crippen LogP contribution in [0.25, 0.3) is 22.3 Å². The molecule has 0 saturated heterocycles. The maximum atomic E-state index is 12.4. The van der Waals surface area contributed by atoms with Gasteiger partial charge >= 0.3 is 0 Å². The van der Waals surface area contributed by atoms with E-state index >= 15 is 0 Å². The standard InChI is InChI=1S/C21H18N4O2S/c1-2-19(20(26)25-21-22-11-12-28-21)27-15-9-7-14(8-10-15)18-13-23-16-5-3-4-6-17(16)24-18/h3-13,19H,2H2,1H3,(H,22,25,26). The van der Waals surface area contributed by atoms with Gasteiger partial charge in [-0.25, -0.2) is 9.97 Å². The van der Waals surface area contributed by atoms with Crippen molar-refractivity contribution in [2.24, 2.45) is 0 Å². The second kappa shape index (κ2) is 8.14. The van der Waals surface area contributed by atoms with E-state index in [-0.39, 0.29) is 5.91 Å². The summed E-state index contributed by atoms with van der Waals surface area (Å²) in [6.07, 6.45) is 3.37. The van der Waals surface area contributed by atoms with E-state index in [2.05, 4.69) is 20.3 Å². The van der Waals surface area contributed by atoms with Crippen molar-refractivity contribution in [3.05, 3.63) is 66.3 Å². The van der Waals surface area contributed by atoms with Crippen LogP contribution in [0.4, 0.5) is 5.13 Å². The third kappa shape index (κ3) is 3.99. The number of anilines is 1. The molecule has 0 aliphatic carbocycles. The molecular formula is C21H18N4O2S. The molecule has 0 fully saturated rings. The molecule has 4 rings (SSSR count). The van der Waals surface area contributed by atoms with Gasteiger partial charge < -0.3 is 4.74 Å². The molecule has 1 amide bonds. The fourth-order valence-corrected chi connectivity index (χ4v) is 3.29. The van der Waals surface area contributed by atoms with E-state index in [0.717, 1.165) is 22.3 Å². The highest BCUT2D eigenvalue weighted by molar-refractivity contribution is 7.13. The van der Waals surface area contributed by atoms with Crippen LogP contribution in [0.15, 0.2) is 66.3 Å². The highest BCUT2D eigenvalue weighted by Gasteiger charge is 2.19. The molecule has 0 spiro atoms. The average molecular weight is 390 g/mol. The van der Waals surface area contributed by atoms with Crippen molar-refractivity contribution >= 4 is 33.4 Å². The van der Waals surface area contributed by atoms with Crippen LogP contribution in [0.2, 0.25) is 0 Å². The number of amides is 1. The van der Waals surface area contributed by atoms with Gasteiger partial charge in [0.1, 0.15) is 5.75 Å². The van der Waals surface area contributed by atoms with Crippen molar-refractivity contribution in [1.82, 2.24) is 15.0 Å². The van der Waals surface area contributed by atoms with Gasteiger partial charge in [-0.15, -0.1) is 11.3 Å². The lowest BCUT2D eigenvalue weighted by atomic mass is 10.1. The minimum Gasteiger partial charge on any atom is -0.481 e. The first-order chi connectivity index (χ1) is 13.7. The van der Waals surface area contributed by atoms with Crippen LogP contribution in [0.5, 0.6) is 5.75 Å². The zero-order valence-corrected chi connectivity index (χ0v) is 16.0. The molecule has 2 heterocycles. The lowest BCUT2D eigenvalue weighted by Gasteiger charge is -2.16. The number of thiazole rings is 1. The molecule has 6 nitrogen and oxygen atoms in total. The van der Waals surface area contributed by atoms with E-state index in [1.54, 1.807) is 12.4 Å². The zero-order valence-electron chi connectivity index (χ0n) is 15.2. The number of carbonyl (C=O) groups excluding carboxylic acids is 1. The van der Waals surface area contributed by atoms with E-state index < -0.39 is 6.10 Å². The Morgan fingerprint density at radius 1 is 1.11 bits per heavy atom. The number of benzene rings is 2. The summed E-state index contributed by atoms with van der Waals surface area (Å²) in [6, 6.07) is 15.3. The molecular weight excluding hydrogens is 372 g/mol. The molecule has 2 aromatic heterocycles. The van der Waals surface area contributed by atoms with Crippen LogP contribution >= 0.6 is 11.3 Å². The minimum atomic E-state index is -0.588. The van der Waals surface area contributed by atoms with Crippen molar-refractivity contribution in [2.75, 3.05) is 5.32 Å². The smallest absolute Gasteiger partial charge is 0.267 e. The van der Waals surface area contributed by atoms with Crippen molar-refractivity contribution < 1.29 is 9.53 Å². The summed E-state index contributed by atoms with van der Waals surface area (Å²) >= 11 is 1.37. The van der Waals surface area contributed by atoms with E-state index in [4.69, 9.17) is 4.74 Å². The molecule has 1 N–H and O–H groups in total. The number of para-hydroxylation sites is 2. The van der Waals surface area contributed by atoms with Gasteiger partial charge in [0.05, 0.1) is 22.9 Å². The Labute approximate surface area is 166 Å². The first-order valence-electron chi connectivity index (χ1n) is 8.92. The Balaban J connectivity index is 1.47. The largest absolute Gasteiger partial charge is 0.481 e. The lowest BCUT2D eigenvalue weighted by Crippen LogP contribution is -2.32. The van der Waals surface area contributed by atoms with Gasteiger partial charge in [0.25, 0.3) is 5.91 Å². The van der Waals surface area contributed by atoms with Crippen molar-refractivity contribution in [3.8, 4) is 17.0 Å². The molecule has 2 aromatic carbocycles. The fraction of sp³-hybridized carbons (Fsp3) is 0.143. The van der Waals surface area contributed by atoms with Crippen LogP contribution in [0.1, 0.15) is 13.3 Å². The molecule has 1 atom stereocenters. The Bertz CT molecular complexity index is 1080. The summed E-state index contributed by atoms with van der Waals surface area (Å²) in [6.45, 7) is 1.91. The summed E-state index contributed by atoms with van der Waals surface area (Å²) in [7, 11) is 0. The molecule has 0 bridgehead atoms. The first-order valence-corrected chi connectivity index (χ1v) is 9.80. The van der Waals surface area contributed by atoms with Crippen LogP contribution < -0.4 is 10.1 Å². The SMILES string of the molecule is CCC(Oc1ccc(-c2cnc3ccccc3n2)cc1)C(=O)Nc1nccs1. The predicted molar refractivity (Wildman–Crippen MR) is 110 cm³/mol. The van der Waals surface area contributed by atoms with E-state index in [9.17, 15) is 4.79 Å². The number of nitrogens with zero attached hydrogens (tertiary/aromatic N) is 3. The number of hydrogen-bond donors (Lipinski definition) is 1. The normalized spacial score (nSPS) is 11.9. The Kier molecular flexibility index (Phi) is 5.25. The maximum absolute atomic E-state index is 12.4. The fourth-order valence-electron chi connectivity index (χ4n) is 2.76. The topological polar surface area (TPSA) is 77.0 Å². The lowest BCUT2D eigenvalue weighted by molar-refractivity contribution is -0.122. The number of ether oxygens (including phenoxy) is 1. The molecule has 1 unspecified atom stereocenters. The molecule has 140 valence electrons. The quantitative estimate of drug-likeness (QED) is 0.523. The predicted octanol–water partition coefficient (Wildman–Crippen LogP) is 4.55. The molecule has 0 radical (unpaired) electrons.